The average Bonchev–Trinajstić information content (AvgIpc) is 3.02. The predicted molar refractivity (Wildman–Crippen MR) is 71.3 cm³/mol. The van der Waals surface area contributed by atoms with Gasteiger partial charge in [-0.05, 0) is 18.1 Å². The number of hydrogen-bond donors (Lipinski definition) is 0. The molecule has 1 aromatic rings. The van der Waals surface area contributed by atoms with Gasteiger partial charge in [0, 0.05) is 19.5 Å². The van der Waals surface area contributed by atoms with Gasteiger partial charge in [-0.2, -0.15) is 8.42 Å². The topological polar surface area (TPSA) is 72.9 Å². The summed E-state index contributed by atoms with van der Waals surface area (Å²) in [6.07, 6.45) is 0.211. The van der Waals surface area contributed by atoms with Crippen LogP contribution in [0.5, 0.6) is 11.5 Å². The minimum atomic E-state index is -4.67. The maximum absolute atomic E-state index is 12.9. The van der Waals surface area contributed by atoms with Gasteiger partial charge in [-0.15, -0.1) is 3.89 Å². The largest absolute Gasteiger partial charge is 0.454 e. The van der Waals surface area contributed by atoms with E-state index in [0.717, 1.165) is 5.56 Å². The summed E-state index contributed by atoms with van der Waals surface area (Å²) in [5.41, 5.74) is 0.879. The number of amides is 1. The third-order valence-electron chi connectivity index (χ3n) is 3.71. The van der Waals surface area contributed by atoms with E-state index in [4.69, 9.17) is 9.47 Å². The van der Waals surface area contributed by atoms with Crippen LogP contribution in [-0.4, -0.2) is 44.4 Å². The Balaban J connectivity index is 1.66. The zero-order chi connectivity index (χ0) is 15.0. The maximum atomic E-state index is 12.9. The molecule has 0 bridgehead atoms. The number of nitrogens with zero attached hydrogens (tertiary/aromatic N) is 1. The molecule has 2 aliphatic rings. The van der Waals surface area contributed by atoms with Crippen LogP contribution in [0.4, 0.5) is 3.89 Å². The zero-order valence-corrected chi connectivity index (χ0v) is 11.9. The van der Waals surface area contributed by atoms with Crippen LogP contribution in [0, 0.1) is 0 Å². The van der Waals surface area contributed by atoms with Gasteiger partial charge in [0.25, 0.3) is 0 Å². The molecular weight excluding hydrogens is 301 g/mol. The number of likely N-dealkylation sites (tertiary alicyclic amines) is 1. The third kappa shape index (κ3) is 2.80. The van der Waals surface area contributed by atoms with Crippen LogP contribution in [-0.2, 0) is 21.4 Å². The van der Waals surface area contributed by atoms with Crippen LogP contribution in [0.15, 0.2) is 18.2 Å². The number of para-hydroxylation sites is 1. The van der Waals surface area contributed by atoms with E-state index < -0.39 is 15.5 Å². The zero-order valence-electron chi connectivity index (χ0n) is 11.1. The van der Waals surface area contributed by atoms with Crippen molar-refractivity contribution in [2.24, 2.45) is 0 Å². The molecule has 1 amide bonds. The maximum Gasteiger partial charge on any atom is 0.307 e. The van der Waals surface area contributed by atoms with Crippen molar-refractivity contribution in [2.45, 2.75) is 18.1 Å². The Hall–Kier alpha value is -1.83. The first-order valence-corrected chi connectivity index (χ1v) is 7.98. The first-order chi connectivity index (χ1) is 9.95. The number of benzene rings is 1. The number of carbonyl (C=O) groups is 1. The number of carbonyl (C=O) groups excluding carboxylic acids is 1. The SMILES string of the molecule is O=C1CC(S(=O)(=O)F)CN1CCc1cccc2c1OCO2. The Morgan fingerprint density at radius 2 is 2.14 bits per heavy atom. The number of ether oxygens (including phenoxy) is 2. The van der Waals surface area contributed by atoms with Crippen molar-refractivity contribution in [3.8, 4) is 11.5 Å². The lowest BCUT2D eigenvalue weighted by Crippen LogP contribution is -2.29. The van der Waals surface area contributed by atoms with Crippen molar-refractivity contribution in [3.05, 3.63) is 23.8 Å². The Bertz CT molecular complexity index is 675. The van der Waals surface area contributed by atoms with Crippen molar-refractivity contribution in [2.75, 3.05) is 19.9 Å². The van der Waals surface area contributed by atoms with Gasteiger partial charge < -0.3 is 14.4 Å². The molecule has 1 fully saturated rings. The van der Waals surface area contributed by atoms with E-state index in [1.165, 1.54) is 4.90 Å². The molecule has 0 radical (unpaired) electrons. The monoisotopic (exact) mass is 315 g/mol. The molecule has 0 N–H and O–H groups in total. The Kier molecular flexibility index (Phi) is 3.48. The van der Waals surface area contributed by atoms with Crippen molar-refractivity contribution >= 4 is 16.1 Å². The molecule has 1 aromatic carbocycles. The highest BCUT2D eigenvalue weighted by Crippen LogP contribution is 2.35. The van der Waals surface area contributed by atoms with Crippen molar-refractivity contribution in [1.82, 2.24) is 4.90 Å². The van der Waals surface area contributed by atoms with E-state index >= 15 is 0 Å². The lowest BCUT2D eigenvalue weighted by Gasteiger charge is -2.16. The molecule has 2 aliphatic heterocycles. The molecule has 0 saturated carbocycles. The molecule has 8 heteroatoms. The van der Waals surface area contributed by atoms with E-state index in [9.17, 15) is 17.1 Å². The first kappa shape index (κ1) is 14.1. The highest BCUT2D eigenvalue weighted by molar-refractivity contribution is 7.87. The lowest BCUT2D eigenvalue weighted by atomic mass is 10.1. The molecule has 1 saturated heterocycles. The van der Waals surface area contributed by atoms with Gasteiger partial charge in [0.05, 0.1) is 0 Å². The van der Waals surface area contributed by atoms with Crippen LogP contribution in [0.2, 0.25) is 0 Å². The summed E-state index contributed by atoms with van der Waals surface area (Å²) in [4.78, 5) is 13.1. The number of halogens is 1. The van der Waals surface area contributed by atoms with Crippen molar-refractivity contribution in [3.63, 3.8) is 0 Å². The van der Waals surface area contributed by atoms with Crippen LogP contribution < -0.4 is 9.47 Å². The Labute approximate surface area is 121 Å². The third-order valence-corrected chi connectivity index (χ3v) is 4.82. The highest BCUT2D eigenvalue weighted by Gasteiger charge is 2.38. The smallest absolute Gasteiger partial charge is 0.307 e. The van der Waals surface area contributed by atoms with Crippen LogP contribution >= 0.6 is 0 Å². The molecule has 1 unspecified atom stereocenters. The number of rotatable bonds is 4. The number of fused-ring (bicyclic) bond motifs is 1. The van der Waals surface area contributed by atoms with Gasteiger partial charge in [0.15, 0.2) is 11.5 Å². The van der Waals surface area contributed by atoms with Gasteiger partial charge in [-0.1, -0.05) is 12.1 Å². The van der Waals surface area contributed by atoms with E-state index in [1.807, 2.05) is 12.1 Å². The molecule has 2 heterocycles. The summed E-state index contributed by atoms with van der Waals surface area (Å²) in [6.45, 7) is 0.395. The van der Waals surface area contributed by atoms with Gasteiger partial charge >= 0.3 is 10.2 Å². The normalized spacial score (nSPS) is 21.1. The fourth-order valence-electron chi connectivity index (χ4n) is 2.58. The Morgan fingerprint density at radius 1 is 1.33 bits per heavy atom. The van der Waals surface area contributed by atoms with Crippen LogP contribution in [0.3, 0.4) is 0 Å². The van der Waals surface area contributed by atoms with E-state index in [2.05, 4.69) is 0 Å². The molecule has 1 atom stereocenters. The second-order valence-corrected chi connectivity index (χ2v) is 6.66. The second kappa shape index (κ2) is 5.18. The predicted octanol–water partition coefficient (Wildman–Crippen LogP) is 0.858. The summed E-state index contributed by atoms with van der Waals surface area (Å²) in [7, 11) is -4.67. The van der Waals surface area contributed by atoms with Gasteiger partial charge in [0.2, 0.25) is 12.7 Å². The van der Waals surface area contributed by atoms with E-state index in [-0.39, 0.29) is 25.7 Å². The lowest BCUT2D eigenvalue weighted by molar-refractivity contribution is -0.127. The van der Waals surface area contributed by atoms with Crippen LogP contribution in [0.25, 0.3) is 0 Å². The summed E-state index contributed by atoms with van der Waals surface area (Å²) in [6, 6.07) is 5.47. The quantitative estimate of drug-likeness (QED) is 0.771. The van der Waals surface area contributed by atoms with Gasteiger partial charge in [-0.3, -0.25) is 4.79 Å². The van der Waals surface area contributed by atoms with E-state index in [0.29, 0.717) is 24.5 Å². The molecule has 114 valence electrons. The van der Waals surface area contributed by atoms with Crippen molar-refractivity contribution in [1.29, 1.82) is 0 Å². The fraction of sp³-hybridized carbons (Fsp3) is 0.462. The number of hydrogen-bond acceptors (Lipinski definition) is 5. The highest BCUT2D eigenvalue weighted by atomic mass is 32.3. The summed E-state index contributed by atoms with van der Waals surface area (Å²) < 4.78 is 45.3. The molecular formula is C13H14FNO5S. The van der Waals surface area contributed by atoms with Gasteiger partial charge in [-0.25, -0.2) is 0 Å². The minimum Gasteiger partial charge on any atom is -0.454 e. The standard InChI is InChI=1S/C13H14FNO5S/c14-21(17,18)10-6-12(16)15(7-10)5-4-9-2-1-3-11-13(9)20-8-19-11/h1-3,10H,4-8H2. The minimum absolute atomic E-state index is 0.0932. The van der Waals surface area contributed by atoms with Crippen LogP contribution in [0.1, 0.15) is 12.0 Å². The molecule has 0 spiro atoms. The molecule has 0 aromatic heterocycles. The molecule has 6 nitrogen and oxygen atoms in total. The molecule has 21 heavy (non-hydrogen) atoms. The first-order valence-electron chi connectivity index (χ1n) is 6.54. The Morgan fingerprint density at radius 3 is 2.86 bits per heavy atom. The fourth-order valence-corrected chi connectivity index (χ4v) is 3.28. The average molecular weight is 315 g/mol. The summed E-state index contributed by atoms with van der Waals surface area (Å²) >= 11 is 0. The van der Waals surface area contributed by atoms with Crippen molar-refractivity contribution < 1.29 is 26.6 Å². The second-order valence-electron chi connectivity index (χ2n) is 5.04. The molecule has 0 aliphatic carbocycles. The van der Waals surface area contributed by atoms with E-state index in [1.54, 1.807) is 6.07 Å². The summed E-state index contributed by atoms with van der Waals surface area (Å²) in [5.74, 6) is 0.967. The molecule has 3 rings (SSSR count). The van der Waals surface area contributed by atoms with Gasteiger partial charge in [0.1, 0.15) is 5.25 Å². The summed E-state index contributed by atoms with van der Waals surface area (Å²) in [5, 5.41) is -1.24.